The molecule has 3 heteroatoms. The third-order valence-electron chi connectivity index (χ3n) is 10.2. The van der Waals surface area contributed by atoms with Crippen molar-refractivity contribution in [3.63, 3.8) is 0 Å². The second kappa shape index (κ2) is 12.0. The van der Waals surface area contributed by atoms with Crippen molar-refractivity contribution in [2.75, 3.05) is 4.90 Å². The second-order valence-corrected chi connectivity index (χ2v) is 13.5. The van der Waals surface area contributed by atoms with Gasteiger partial charge in [0.25, 0.3) is 0 Å². The molecule has 0 spiro atoms. The number of pyridine rings is 2. The fourth-order valence-corrected chi connectivity index (χ4v) is 7.65. The third-order valence-corrected chi connectivity index (χ3v) is 10.2. The van der Waals surface area contributed by atoms with E-state index in [-0.39, 0.29) is 5.41 Å². The van der Waals surface area contributed by atoms with E-state index >= 15 is 0 Å². The van der Waals surface area contributed by atoms with Gasteiger partial charge in [-0.2, -0.15) is 0 Å². The lowest BCUT2D eigenvalue weighted by atomic mass is 9.71. The first-order chi connectivity index (χ1) is 24.6. The minimum absolute atomic E-state index is 0.351. The molecule has 1 aliphatic heterocycles. The Balaban J connectivity index is 1.16. The Morgan fingerprint density at radius 2 is 1.08 bits per heavy atom. The van der Waals surface area contributed by atoms with Gasteiger partial charge in [-0.15, -0.1) is 0 Å². The molecule has 0 fully saturated rings. The van der Waals surface area contributed by atoms with Crippen LogP contribution in [0.15, 0.2) is 176 Å². The summed E-state index contributed by atoms with van der Waals surface area (Å²) in [6.07, 6.45) is 3.79. The highest BCUT2D eigenvalue weighted by Gasteiger charge is 2.40. The third kappa shape index (κ3) is 4.98. The zero-order valence-corrected chi connectivity index (χ0v) is 28.1. The van der Waals surface area contributed by atoms with Crippen LogP contribution in [0.4, 0.5) is 17.3 Å². The lowest BCUT2D eigenvalue weighted by Gasteiger charge is -2.42. The summed E-state index contributed by atoms with van der Waals surface area (Å²) in [5.74, 6) is 1.76. The van der Waals surface area contributed by atoms with Gasteiger partial charge in [-0.1, -0.05) is 147 Å². The Morgan fingerprint density at radius 3 is 1.84 bits per heavy atom. The number of rotatable bonds is 5. The van der Waals surface area contributed by atoms with E-state index in [1.54, 1.807) is 0 Å². The first kappa shape index (κ1) is 29.8. The largest absolute Gasteiger partial charge is 0.278 e. The molecule has 0 unspecified atom stereocenters. The molecule has 6 aromatic carbocycles. The molecule has 0 bridgehead atoms. The average Bonchev–Trinajstić information content (AvgIpc) is 3.18. The average molecular weight is 642 g/mol. The summed E-state index contributed by atoms with van der Waals surface area (Å²) in [4.78, 5) is 12.1. The Hall–Kier alpha value is -6.32. The molecule has 0 saturated heterocycles. The van der Waals surface area contributed by atoms with Crippen molar-refractivity contribution in [1.82, 2.24) is 9.97 Å². The molecule has 238 valence electrons. The van der Waals surface area contributed by atoms with E-state index < -0.39 is 0 Å². The van der Waals surface area contributed by atoms with Crippen molar-refractivity contribution in [1.29, 1.82) is 0 Å². The minimum atomic E-state index is -0.351. The minimum Gasteiger partial charge on any atom is -0.278 e. The Bertz CT molecular complexity index is 2480. The predicted molar refractivity (Wildman–Crippen MR) is 208 cm³/mol. The summed E-state index contributed by atoms with van der Waals surface area (Å²) in [5, 5.41) is 2.52. The molecule has 0 amide bonds. The Labute approximate surface area is 293 Å². The standard InChI is InChI=1S/C47H35N3/c1-47(2)42-31-38(34-20-22-36(23-21-34)40-16-10-14-35-13-6-7-15-39(35)40)26-27-43(42)50(44-17-8-9-29-48-44)46-45(47)41(28-30-49-46)37-24-18-33(19-25-37)32-11-4-3-5-12-32/h3-31H,1-2H3. The van der Waals surface area contributed by atoms with Gasteiger partial charge in [-0.25, -0.2) is 9.97 Å². The van der Waals surface area contributed by atoms with Gasteiger partial charge < -0.3 is 0 Å². The molecular weight excluding hydrogens is 607 g/mol. The van der Waals surface area contributed by atoms with Crippen LogP contribution in [-0.4, -0.2) is 9.97 Å². The van der Waals surface area contributed by atoms with E-state index in [2.05, 4.69) is 170 Å². The van der Waals surface area contributed by atoms with Gasteiger partial charge in [0.2, 0.25) is 0 Å². The molecule has 0 N–H and O–H groups in total. The van der Waals surface area contributed by atoms with Gasteiger partial charge >= 0.3 is 0 Å². The van der Waals surface area contributed by atoms with Crippen LogP contribution >= 0.6 is 0 Å². The summed E-state index contributed by atoms with van der Waals surface area (Å²) < 4.78 is 0. The van der Waals surface area contributed by atoms with Gasteiger partial charge in [0.05, 0.1) is 5.69 Å². The van der Waals surface area contributed by atoms with Crippen molar-refractivity contribution in [2.24, 2.45) is 0 Å². The van der Waals surface area contributed by atoms with Crippen LogP contribution in [0.2, 0.25) is 0 Å². The molecule has 2 aromatic heterocycles. The summed E-state index contributed by atoms with van der Waals surface area (Å²) >= 11 is 0. The van der Waals surface area contributed by atoms with Gasteiger partial charge in [0.1, 0.15) is 11.6 Å². The number of nitrogens with zero attached hydrogens (tertiary/aromatic N) is 3. The first-order valence-corrected chi connectivity index (χ1v) is 17.2. The van der Waals surface area contributed by atoms with E-state index in [1.807, 2.05) is 24.5 Å². The van der Waals surface area contributed by atoms with Crippen molar-refractivity contribution in [3.05, 3.63) is 187 Å². The SMILES string of the molecule is CC1(C)c2cc(-c3ccc(-c4cccc5ccccc45)cc3)ccc2N(c2ccccn2)c2nccc(-c3ccc(-c4ccccc4)cc3)c21. The van der Waals surface area contributed by atoms with Crippen LogP contribution < -0.4 is 4.90 Å². The van der Waals surface area contributed by atoms with Crippen LogP contribution in [0.3, 0.4) is 0 Å². The zero-order chi connectivity index (χ0) is 33.7. The molecular formula is C47H35N3. The topological polar surface area (TPSA) is 29.0 Å². The van der Waals surface area contributed by atoms with E-state index in [4.69, 9.17) is 9.97 Å². The van der Waals surface area contributed by atoms with Crippen molar-refractivity contribution < 1.29 is 0 Å². The number of hydrogen-bond donors (Lipinski definition) is 0. The quantitative estimate of drug-likeness (QED) is 0.187. The summed E-state index contributed by atoms with van der Waals surface area (Å²) in [7, 11) is 0. The summed E-state index contributed by atoms with van der Waals surface area (Å²) in [6.45, 7) is 4.66. The van der Waals surface area contributed by atoms with E-state index in [1.165, 1.54) is 66.4 Å². The maximum absolute atomic E-state index is 5.05. The molecule has 3 heterocycles. The lowest BCUT2D eigenvalue weighted by Crippen LogP contribution is -2.32. The first-order valence-electron chi connectivity index (χ1n) is 17.2. The summed E-state index contributed by atoms with van der Waals surface area (Å²) in [5.41, 5.74) is 12.8. The smallest absolute Gasteiger partial charge is 0.143 e. The maximum atomic E-state index is 5.05. The number of anilines is 3. The highest BCUT2D eigenvalue weighted by molar-refractivity contribution is 5.97. The van der Waals surface area contributed by atoms with Crippen molar-refractivity contribution >= 4 is 28.1 Å². The monoisotopic (exact) mass is 641 g/mol. The van der Waals surface area contributed by atoms with Crippen LogP contribution in [0.5, 0.6) is 0 Å². The number of hydrogen-bond acceptors (Lipinski definition) is 3. The molecule has 1 aliphatic rings. The van der Waals surface area contributed by atoms with E-state index in [0.29, 0.717) is 0 Å². The molecule has 0 atom stereocenters. The zero-order valence-electron chi connectivity index (χ0n) is 28.1. The molecule has 0 radical (unpaired) electrons. The molecule has 9 rings (SSSR count). The van der Waals surface area contributed by atoms with Crippen molar-refractivity contribution in [2.45, 2.75) is 19.3 Å². The Kier molecular flexibility index (Phi) is 7.14. The van der Waals surface area contributed by atoms with Crippen molar-refractivity contribution in [3.8, 4) is 44.5 Å². The lowest BCUT2D eigenvalue weighted by molar-refractivity contribution is 0.629. The second-order valence-electron chi connectivity index (χ2n) is 13.5. The van der Waals surface area contributed by atoms with Crippen LogP contribution in [0, 0.1) is 0 Å². The van der Waals surface area contributed by atoms with Crippen LogP contribution in [-0.2, 0) is 5.41 Å². The van der Waals surface area contributed by atoms with Gasteiger partial charge in [0, 0.05) is 23.4 Å². The molecule has 0 aliphatic carbocycles. The Morgan fingerprint density at radius 1 is 0.460 bits per heavy atom. The number of benzene rings is 6. The van der Waals surface area contributed by atoms with Gasteiger partial charge in [0.15, 0.2) is 0 Å². The number of aromatic nitrogens is 2. The molecule has 50 heavy (non-hydrogen) atoms. The fraction of sp³-hybridized carbons (Fsp3) is 0.0638. The highest BCUT2D eigenvalue weighted by Crippen LogP contribution is 2.54. The van der Waals surface area contributed by atoms with Gasteiger partial charge in [-0.05, 0) is 91.2 Å². The van der Waals surface area contributed by atoms with Crippen LogP contribution in [0.25, 0.3) is 55.3 Å². The molecule has 8 aromatic rings. The highest BCUT2D eigenvalue weighted by atomic mass is 15.2. The molecule has 3 nitrogen and oxygen atoms in total. The number of fused-ring (bicyclic) bond motifs is 3. The van der Waals surface area contributed by atoms with Crippen LogP contribution in [0.1, 0.15) is 25.0 Å². The van der Waals surface area contributed by atoms with E-state index in [9.17, 15) is 0 Å². The predicted octanol–water partition coefficient (Wildman–Crippen LogP) is 12.4. The fourth-order valence-electron chi connectivity index (χ4n) is 7.65. The van der Waals surface area contributed by atoms with E-state index in [0.717, 1.165) is 17.3 Å². The normalized spacial score (nSPS) is 13.1. The molecule has 0 saturated carbocycles. The summed E-state index contributed by atoms with van der Waals surface area (Å²) in [6, 6.07) is 58.6. The van der Waals surface area contributed by atoms with Gasteiger partial charge in [-0.3, -0.25) is 4.90 Å². The maximum Gasteiger partial charge on any atom is 0.143 e.